The lowest BCUT2D eigenvalue weighted by atomic mass is 10.3. The van der Waals surface area contributed by atoms with E-state index in [1.807, 2.05) is 0 Å². The van der Waals surface area contributed by atoms with Crippen LogP contribution < -0.4 is 5.32 Å². The summed E-state index contributed by atoms with van der Waals surface area (Å²) in [5.74, 6) is 0.918. The summed E-state index contributed by atoms with van der Waals surface area (Å²) in [6.07, 6.45) is 1.96. The Balaban J connectivity index is 1.95. The lowest BCUT2D eigenvalue weighted by molar-refractivity contribution is 0.968. The summed E-state index contributed by atoms with van der Waals surface area (Å²) in [6, 6.07) is 4.17. The van der Waals surface area contributed by atoms with E-state index in [0.29, 0.717) is 0 Å². The molecule has 3 nitrogen and oxygen atoms in total. The second-order valence-corrected chi connectivity index (χ2v) is 4.98. The second-order valence-electron chi connectivity index (χ2n) is 3.20. The van der Waals surface area contributed by atoms with Gasteiger partial charge in [0.05, 0.1) is 0 Å². The number of rotatable bonds is 5. The Morgan fingerprint density at radius 3 is 3.13 bits per heavy atom. The highest BCUT2D eigenvalue weighted by molar-refractivity contribution is 7.10. The van der Waals surface area contributed by atoms with Crippen LogP contribution in [0.1, 0.15) is 24.0 Å². The standard InChI is InChI=1S/C10H13N3S2/c1-2-5-11-10-12-9(13-15-10)7-8-4-3-6-14-8/h3-4,6H,2,5,7H2,1H3,(H,11,12,13). The van der Waals surface area contributed by atoms with Gasteiger partial charge >= 0.3 is 0 Å². The molecule has 0 spiro atoms. The monoisotopic (exact) mass is 239 g/mol. The van der Waals surface area contributed by atoms with Crippen LogP contribution >= 0.6 is 22.9 Å². The van der Waals surface area contributed by atoms with Gasteiger partial charge in [0, 0.05) is 29.4 Å². The highest BCUT2D eigenvalue weighted by atomic mass is 32.1. The maximum absolute atomic E-state index is 4.43. The van der Waals surface area contributed by atoms with Gasteiger partial charge in [0.2, 0.25) is 5.13 Å². The van der Waals surface area contributed by atoms with Crippen LogP contribution in [0.2, 0.25) is 0 Å². The van der Waals surface area contributed by atoms with Crippen LogP contribution in [0.5, 0.6) is 0 Å². The van der Waals surface area contributed by atoms with Crippen molar-refractivity contribution in [1.29, 1.82) is 0 Å². The summed E-state index contributed by atoms with van der Waals surface area (Å²) >= 11 is 3.19. The molecule has 2 aromatic rings. The maximum atomic E-state index is 4.43. The first-order chi connectivity index (χ1) is 7.38. The van der Waals surface area contributed by atoms with Gasteiger partial charge in [0.15, 0.2) is 0 Å². The first-order valence-corrected chi connectivity index (χ1v) is 6.62. The molecular formula is C10H13N3S2. The van der Waals surface area contributed by atoms with Gasteiger partial charge in [0.25, 0.3) is 0 Å². The topological polar surface area (TPSA) is 37.8 Å². The van der Waals surface area contributed by atoms with Crippen LogP contribution in [0, 0.1) is 0 Å². The number of hydrogen-bond acceptors (Lipinski definition) is 5. The minimum Gasteiger partial charge on any atom is -0.360 e. The zero-order valence-corrected chi connectivity index (χ0v) is 10.2. The summed E-state index contributed by atoms with van der Waals surface area (Å²) < 4.78 is 4.32. The molecule has 0 saturated heterocycles. The Morgan fingerprint density at radius 1 is 1.47 bits per heavy atom. The lowest BCUT2D eigenvalue weighted by Crippen LogP contribution is -1.99. The predicted molar refractivity (Wildman–Crippen MR) is 65.8 cm³/mol. The van der Waals surface area contributed by atoms with Crippen LogP contribution in [0.3, 0.4) is 0 Å². The third kappa shape index (κ3) is 3.00. The molecule has 0 aliphatic heterocycles. The number of hydrogen-bond donors (Lipinski definition) is 1. The van der Waals surface area contributed by atoms with Crippen LogP contribution in [-0.2, 0) is 6.42 Å². The molecular weight excluding hydrogens is 226 g/mol. The largest absolute Gasteiger partial charge is 0.360 e. The van der Waals surface area contributed by atoms with Crippen LogP contribution in [0.15, 0.2) is 17.5 Å². The van der Waals surface area contributed by atoms with E-state index in [4.69, 9.17) is 0 Å². The normalized spacial score (nSPS) is 10.5. The summed E-state index contributed by atoms with van der Waals surface area (Å²) in [7, 11) is 0. The van der Waals surface area contributed by atoms with E-state index >= 15 is 0 Å². The van der Waals surface area contributed by atoms with E-state index in [1.165, 1.54) is 16.4 Å². The zero-order valence-electron chi connectivity index (χ0n) is 8.56. The van der Waals surface area contributed by atoms with Crippen molar-refractivity contribution in [2.45, 2.75) is 19.8 Å². The molecule has 0 aromatic carbocycles. The lowest BCUT2D eigenvalue weighted by Gasteiger charge is -1.95. The Bertz CT molecular complexity index is 394. The van der Waals surface area contributed by atoms with Crippen LogP contribution in [0.25, 0.3) is 0 Å². The SMILES string of the molecule is CCCNc1nc(Cc2cccs2)ns1. The number of nitrogens with zero attached hydrogens (tertiary/aromatic N) is 2. The molecule has 0 unspecified atom stereocenters. The minimum atomic E-state index is 0.849. The van der Waals surface area contributed by atoms with E-state index in [-0.39, 0.29) is 0 Å². The molecule has 0 atom stereocenters. The minimum absolute atomic E-state index is 0.849. The fourth-order valence-corrected chi connectivity index (χ4v) is 2.51. The summed E-state index contributed by atoms with van der Waals surface area (Å²) in [5, 5.41) is 6.26. The summed E-state index contributed by atoms with van der Waals surface area (Å²) in [4.78, 5) is 5.74. The molecule has 5 heteroatoms. The van der Waals surface area contributed by atoms with Gasteiger partial charge in [-0.2, -0.15) is 4.37 Å². The summed E-state index contributed by atoms with van der Waals surface area (Å²) in [5.41, 5.74) is 0. The molecule has 80 valence electrons. The van der Waals surface area contributed by atoms with Gasteiger partial charge in [-0.05, 0) is 17.9 Å². The third-order valence-corrected chi connectivity index (χ3v) is 3.49. The Hall–Kier alpha value is -0.940. The van der Waals surface area contributed by atoms with E-state index in [2.05, 4.69) is 39.1 Å². The van der Waals surface area contributed by atoms with E-state index in [1.54, 1.807) is 11.3 Å². The molecule has 1 N–H and O–H groups in total. The van der Waals surface area contributed by atoms with Crippen LogP contribution in [-0.4, -0.2) is 15.9 Å². The zero-order chi connectivity index (χ0) is 10.5. The smallest absolute Gasteiger partial charge is 0.202 e. The molecule has 0 aliphatic carbocycles. The molecule has 0 radical (unpaired) electrons. The molecule has 2 aromatic heterocycles. The molecule has 2 heterocycles. The highest BCUT2D eigenvalue weighted by Crippen LogP contribution is 2.16. The fraction of sp³-hybridized carbons (Fsp3) is 0.400. The summed E-state index contributed by atoms with van der Waals surface area (Å²) in [6.45, 7) is 3.11. The maximum Gasteiger partial charge on any atom is 0.202 e. The Morgan fingerprint density at radius 2 is 2.40 bits per heavy atom. The van der Waals surface area contributed by atoms with E-state index in [0.717, 1.165) is 30.3 Å². The van der Waals surface area contributed by atoms with Crippen molar-refractivity contribution in [1.82, 2.24) is 9.36 Å². The van der Waals surface area contributed by atoms with Gasteiger partial charge in [-0.1, -0.05) is 13.0 Å². The van der Waals surface area contributed by atoms with Crippen molar-refractivity contribution in [3.63, 3.8) is 0 Å². The average molecular weight is 239 g/mol. The second kappa shape index (κ2) is 5.23. The molecule has 2 rings (SSSR count). The van der Waals surface area contributed by atoms with Crippen molar-refractivity contribution in [2.24, 2.45) is 0 Å². The first kappa shape index (κ1) is 10.6. The van der Waals surface area contributed by atoms with Gasteiger partial charge in [0.1, 0.15) is 5.82 Å². The van der Waals surface area contributed by atoms with Crippen molar-refractivity contribution >= 4 is 28.0 Å². The molecule has 15 heavy (non-hydrogen) atoms. The quantitative estimate of drug-likeness (QED) is 0.871. The van der Waals surface area contributed by atoms with Crippen molar-refractivity contribution in [2.75, 3.05) is 11.9 Å². The number of thiophene rings is 1. The molecule has 0 saturated carbocycles. The van der Waals surface area contributed by atoms with Gasteiger partial charge in [-0.15, -0.1) is 11.3 Å². The number of aromatic nitrogens is 2. The van der Waals surface area contributed by atoms with Crippen molar-refractivity contribution < 1.29 is 0 Å². The van der Waals surface area contributed by atoms with E-state index in [9.17, 15) is 0 Å². The Kier molecular flexibility index (Phi) is 3.69. The highest BCUT2D eigenvalue weighted by Gasteiger charge is 2.04. The van der Waals surface area contributed by atoms with Gasteiger partial charge in [-0.25, -0.2) is 4.98 Å². The van der Waals surface area contributed by atoms with Crippen molar-refractivity contribution in [3.05, 3.63) is 28.2 Å². The fourth-order valence-electron chi connectivity index (χ4n) is 1.20. The van der Waals surface area contributed by atoms with Crippen LogP contribution in [0.4, 0.5) is 5.13 Å². The van der Waals surface area contributed by atoms with E-state index < -0.39 is 0 Å². The number of nitrogens with one attached hydrogen (secondary N) is 1. The molecule has 0 fully saturated rings. The predicted octanol–water partition coefficient (Wildman–Crippen LogP) is 3.01. The van der Waals surface area contributed by atoms with Gasteiger partial charge in [-0.3, -0.25) is 0 Å². The molecule has 0 amide bonds. The third-order valence-electron chi connectivity index (χ3n) is 1.91. The average Bonchev–Trinajstić information content (AvgIpc) is 2.87. The van der Waals surface area contributed by atoms with Crippen molar-refractivity contribution in [3.8, 4) is 0 Å². The first-order valence-electron chi connectivity index (χ1n) is 4.97. The Labute approximate surface area is 97.4 Å². The molecule has 0 aliphatic rings. The number of anilines is 1. The molecule has 0 bridgehead atoms. The van der Waals surface area contributed by atoms with Gasteiger partial charge < -0.3 is 5.32 Å².